The van der Waals surface area contributed by atoms with Gasteiger partial charge in [-0.15, -0.1) is 0 Å². The van der Waals surface area contributed by atoms with Crippen LogP contribution >= 0.6 is 0 Å². The average Bonchev–Trinajstić information content (AvgIpc) is 3.41. The van der Waals surface area contributed by atoms with Crippen LogP contribution < -0.4 is 14.8 Å². The van der Waals surface area contributed by atoms with Crippen LogP contribution in [-0.2, 0) is 12.0 Å². The van der Waals surface area contributed by atoms with Gasteiger partial charge in [-0.3, -0.25) is 4.57 Å². The van der Waals surface area contributed by atoms with Gasteiger partial charge in [-0.1, -0.05) is 6.07 Å². The maximum atomic E-state index is 14.8. The Bertz CT molecular complexity index is 1500. The second kappa shape index (κ2) is 9.52. The number of anilines is 2. The number of pyridine rings is 1. The number of likely N-dealkylation sites (tertiary alicyclic amines) is 1. The number of aryl methyl sites for hydroxylation is 1. The van der Waals surface area contributed by atoms with Gasteiger partial charge in [0.05, 0.1) is 18.2 Å². The Morgan fingerprint density at radius 3 is 2.74 bits per heavy atom. The number of halogens is 1. The lowest BCUT2D eigenvalue weighted by atomic mass is 10.0. The largest absolute Gasteiger partial charge is 0.493 e. The van der Waals surface area contributed by atoms with Crippen molar-refractivity contribution in [3.8, 4) is 17.3 Å². The lowest BCUT2D eigenvalue weighted by molar-refractivity contribution is 0.0553. The molecule has 10 heteroatoms. The molecule has 1 aliphatic carbocycles. The summed E-state index contributed by atoms with van der Waals surface area (Å²) >= 11 is 0. The third-order valence-corrected chi connectivity index (χ3v) is 7.48. The first-order valence-corrected chi connectivity index (χ1v) is 12.9. The number of benzene rings is 1. The highest BCUT2D eigenvalue weighted by Crippen LogP contribution is 2.36. The molecule has 1 fully saturated rings. The molecule has 6 rings (SSSR count). The normalized spacial score (nSPS) is 20.0. The highest BCUT2D eigenvalue weighted by molar-refractivity contribution is 5.79. The molecule has 0 spiro atoms. The van der Waals surface area contributed by atoms with E-state index in [1.54, 1.807) is 18.6 Å². The van der Waals surface area contributed by atoms with E-state index < -0.39 is 11.4 Å². The summed E-state index contributed by atoms with van der Waals surface area (Å²) in [6, 6.07) is 9.35. The Labute approximate surface area is 220 Å². The Hall–Kier alpha value is -3.76. The van der Waals surface area contributed by atoms with Crippen molar-refractivity contribution in [1.29, 1.82) is 0 Å². The SMILES string of the molecule is COc1cc(Nc2ncc3c(F)cn(-c4ccc5c(n4)[C@](C)(O)CC5)c3n2)ccc1OC1CCN(C)CC1. The molecule has 3 aromatic heterocycles. The zero-order valence-corrected chi connectivity index (χ0v) is 21.7. The number of nitrogens with zero attached hydrogens (tertiary/aromatic N) is 5. The molecular formula is C28H31FN6O3. The highest BCUT2D eigenvalue weighted by atomic mass is 19.1. The van der Waals surface area contributed by atoms with Gasteiger partial charge in [-0.2, -0.15) is 4.98 Å². The third kappa shape index (κ3) is 4.54. The van der Waals surface area contributed by atoms with E-state index in [1.807, 2.05) is 30.3 Å². The lowest BCUT2D eigenvalue weighted by Crippen LogP contribution is -2.35. The number of ether oxygens (including phenoxy) is 2. The number of aliphatic hydroxyl groups is 1. The monoisotopic (exact) mass is 518 g/mol. The second-order valence-corrected chi connectivity index (χ2v) is 10.3. The first kappa shape index (κ1) is 24.6. The summed E-state index contributed by atoms with van der Waals surface area (Å²) in [7, 11) is 3.73. The third-order valence-electron chi connectivity index (χ3n) is 7.48. The van der Waals surface area contributed by atoms with Gasteiger partial charge in [0, 0.05) is 37.2 Å². The van der Waals surface area contributed by atoms with E-state index in [2.05, 4.69) is 32.2 Å². The maximum Gasteiger partial charge on any atom is 0.229 e. The molecule has 2 N–H and O–H groups in total. The van der Waals surface area contributed by atoms with E-state index >= 15 is 0 Å². The average molecular weight is 519 g/mol. The van der Waals surface area contributed by atoms with Gasteiger partial charge in [-0.25, -0.2) is 14.4 Å². The Morgan fingerprint density at radius 2 is 1.95 bits per heavy atom. The summed E-state index contributed by atoms with van der Waals surface area (Å²) in [5.74, 6) is 1.65. The summed E-state index contributed by atoms with van der Waals surface area (Å²) in [4.78, 5) is 15.9. The molecule has 198 valence electrons. The minimum absolute atomic E-state index is 0.156. The summed E-state index contributed by atoms with van der Waals surface area (Å²) in [5, 5.41) is 14.2. The lowest BCUT2D eigenvalue weighted by Gasteiger charge is -2.29. The predicted octanol–water partition coefficient (Wildman–Crippen LogP) is 4.33. The van der Waals surface area contributed by atoms with Crippen LogP contribution in [0.5, 0.6) is 11.5 Å². The van der Waals surface area contributed by atoms with Crippen LogP contribution in [0, 0.1) is 5.82 Å². The number of hydrogen-bond donors (Lipinski definition) is 2. The van der Waals surface area contributed by atoms with Crippen LogP contribution in [0.1, 0.15) is 37.4 Å². The molecule has 2 aliphatic rings. The number of methoxy groups -OCH3 is 1. The van der Waals surface area contributed by atoms with Gasteiger partial charge in [0.15, 0.2) is 23.0 Å². The van der Waals surface area contributed by atoms with E-state index in [4.69, 9.17) is 9.47 Å². The van der Waals surface area contributed by atoms with Gasteiger partial charge in [-0.05, 0) is 63.4 Å². The number of fused-ring (bicyclic) bond motifs is 2. The van der Waals surface area contributed by atoms with Crippen molar-refractivity contribution >= 4 is 22.7 Å². The van der Waals surface area contributed by atoms with Crippen molar-refractivity contribution in [3.05, 3.63) is 59.8 Å². The van der Waals surface area contributed by atoms with Crippen LogP contribution in [0.25, 0.3) is 16.9 Å². The summed E-state index contributed by atoms with van der Waals surface area (Å²) in [6.07, 6.45) is 6.28. The minimum Gasteiger partial charge on any atom is -0.493 e. The summed E-state index contributed by atoms with van der Waals surface area (Å²) < 4.78 is 28.2. The second-order valence-electron chi connectivity index (χ2n) is 10.3. The van der Waals surface area contributed by atoms with Crippen molar-refractivity contribution in [2.75, 3.05) is 32.6 Å². The van der Waals surface area contributed by atoms with E-state index in [9.17, 15) is 9.50 Å². The topological polar surface area (TPSA) is 97.6 Å². The van der Waals surface area contributed by atoms with Crippen molar-refractivity contribution in [2.24, 2.45) is 0 Å². The maximum absolute atomic E-state index is 14.8. The molecule has 38 heavy (non-hydrogen) atoms. The molecule has 0 amide bonds. The van der Waals surface area contributed by atoms with E-state index in [0.717, 1.165) is 37.9 Å². The molecule has 0 saturated carbocycles. The minimum atomic E-state index is -1.00. The highest BCUT2D eigenvalue weighted by Gasteiger charge is 2.34. The molecule has 1 aromatic carbocycles. The van der Waals surface area contributed by atoms with Gasteiger partial charge in [0.2, 0.25) is 5.95 Å². The number of hydrogen-bond acceptors (Lipinski definition) is 8. The van der Waals surface area contributed by atoms with Crippen molar-refractivity contribution < 1.29 is 19.0 Å². The number of rotatable bonds is 6. The number of nitrogens with one attached hydrogen (secondary N) is 1. The first-order valence-electron chi connectivity index (χ1n) is 12.9. The Morgan fingerprint density at radius 1 is 1.13 bits per heavy atom. The molecule has 0 radical (unpaired) electrons. The summed E-state index contributed by atoms with van der Waals surface area (Å²) in [5.41, 5.74) is 1.71. The fraction of sp³-hybridized carbons (Fsp3) is 0.393. The van der Waals surface area contributed by atoms with Gasteiger partial charge in [0.25, 0.3) is 0 Å². The van der Waals surface area contributed by atoms with Crippen molar-refractivity contribution in [3.63, 3.8) is 0 Å². The molecule has 0 bridgehead atoms. The van der Waals surface area contributed by atoms with Crippen LogP contribution in [-0.4, -0.2) is 62.9 Å². The molecule has 1 atom stereocenters. The zero-order chi connectivity index (χ0) is 26.4. The zero-order valence-electron chi connectivity index (χ0n) is 21.7. The first-order chi connectivity index (χ1) is 18.3. The quantitative estimate of drug-likeness (QED) is 0.389. The van der Waals surface area contributed by atoms with Gasteiger partial charge in [0.1, 0.15) is 17.5 Å². The Kier molecular flexibility index (Phi) is 6.16. The van der Waals surface area contributed by atoms with Gasteiger partial charge < -0.3 is 24.8 Å². The fourth-order valence-electron chi connectivity index (χ4n) is 5.23. The number of piperidine rings is 1. The van der Waals surface area contributed by atoms with Gasteiger partial charge >= 0.3 is 0 Å². The summed E-state index contributed by atoms with van der Waals surface area (Å²) in [6.45, 7) is 3.77. The van der Waals surface area contributed by atoms with Crippen LogP contribution in [0.3, 0.4) is 0 Å². The molecule has 9 nitrogen and oxygen atoms in total. The van der Waals surface area contributed by atoms with Crippen molar-refractivity contribution in [2.45, 2.75) is 44.3 Å². The molecular weight excluding hydrogens is 487 g/mol. The molecule has 1 aliphatic heterocycles. The molecule has 0 unspecified atom stereocenters. The molecule has 4 heterocycles. The molecule has 4 aromatic rings. The van der Waals surface area contributed by atoms with E-state index in [-0.39, 0.29) is 11.5 Å². The fourth-order valence-corrected chi connectivity index (χ4v) is 5.23. The van der Waals surface area contributed by atoms with Crippen LogP contribution in [0.2, 0.25) is 0 Å². The smallest absolute Gasteiger partial charge is 0.229 e. The standard InChI is InChI=1S/C28H31FN6O3/c1-28(36)11-8-17-4-7-24(32-25(17)28)35-16-21(29)20-15-30-27(33-26(20)35)31-18-5-6-22(23(14-18)37-3)38-19-9-12-34(2)13-10-19/h4-7,14-16,19,36H,8-13H2,1-3H3,(H,30,31,33)/t28-/m1/s1. The van der Waals surface area contributed by atoms with E-state index in [1.165, 1.54) is 12.4 Å². The van der Waals surface area contributed by atoms with Crippen LogP contribution in [0.4, 0.5) is 16.0 Å². The number of aromatic nitrogens is 4. The predicted molar refractivity (Wildman–Crippen MR) is 142 cm³/mol. The van der Waals surface area contributed by atoms with Crippen molar-refractivity contribution in [1.82, 2.24) is 24.4 Å². The van der Waals surface area contributed by atoms with Crippen LogP contribution in [0.15, 0.2) is 42.7 Å². The molecule has 1 saturated heterocycles. The van der Waals surface area contributed by atoms with E-state index in [0.29, 0.717) is 46.7 Å². The Balaban J connectivity index is 1.27.